The molecule has 0 aliphatic rings. The summed E-state index contributed by atoms with van der Waals surface area (Å²) < 4.78 is 22.7. The van der Waals surface area contributed by atoms with E-state index in [0.717, 1.165) is 11.1 Å². The first-order chi connectivity index (χ1) is 17.6. The van der Waals surface area contributed by atoms with Gasteiger partial charge in [-0.05, 0) is 46.5 Å². The molecule has 0 radical (unpaired) electrons. The Morgan fingerprint density at radius 1 is 0.528 bits per heavy atom. The molecule has 186 valence electrons. The van der Waals surface area contributed by atoms with Crippen molar-refractivity contribution in [1.29, 1.82) is 0 Å². The standard InChI is InChI=1S/C30H30O6/c1-33-27-17-23(13-15-25(27)35-19-21-9-5-3-6-10-21)29(31)30(32)24-14-16-26(28(18-24)34-2)36-20-22-11-7-4-8-12-22/h3-18,29-32H,19-20H2,1-2H3. The number of hydrogen-bond donors (Lipinski definition) is 2. The van der Waals surface area contributed by atoms with Crippen molar-refractivity contribution in [1.82, 2.24) is 0 Å². The van der Waals surface area contributed by atoms with Gasteiger partial charge in [0.05, 0.1) is 14.2 Å². The van der Waals surface area contributed by atoms with E-state index in [4.69, 9.17) is 18.9 Å². The average Bonchev–Trinajstić information content (AvgIpc) is 2.95. The molecule has 0 fully saturated rings. The Morgan fingerprint density at radius 2 is 0.917 bits per heavy atom. The number of aliphatic hydroxyl groups is 2. The Morgan fingerprint density at radius 3 is 1.28 bits per heavy atom. The fourth-order valence-electron chi connectivity index (χ4n) is 3.81. The summed E-state index contributed by atoms with van der Waals surface area (Å²) in [5.41, 5.74) is 3.05. The van der Waals surface area contributed by atoms with Crippen molar-refractivity contribution in [2.45, 2.75) is 25.4 Å². The summed E-state index contributed by atoms with van der Waals surface area (Å²) in [6, 6.07) is 29.9. The number of aliphatic hydroxyl groups excluding tert-OH is 2. The van der Waals surface area contributed by atoms with Gasteiger partial charge < -0.3 is 29.2 Å². The molecule has 2 atom stereocenters. The summed E-state index contributed by atoms with van der Waals surface area (Å²) in [6.07, 6.45) is -2.38. The first kappa shape index (κ1) is 25.1. The van der Waals surface area contributed by atoms with E-state index >= 15 is 0 Å². The van der Waals surface area contributed by atoms with Crippen LogP contribution in [0, 0.1) is 0 Å². The van der Waals surface area contributed by atoms with E-state index in [1.165, 1.54) is 14.2 Å². The van der Waals surface area contributed by atoms with Crippen LogP contribution in [0.25, 0.3) is 0 Å². The molecule has 6 heteroatoms. The van der Waals surface area contributed by atoms with Crippen molar-refractivity contribution in [3.8, 4) is 23.0 Å². The number of rotatable bonds is 11. The van der Waals surface area contributed by atoms with Gasteiger partial charge in [-0.25, -0.2) is 0 Å². The van der Waals surface area contributed by atoms with Crippen LogP contribution in [0.2, 0.25) is 0 Å². The van der Waals surface area contributed by atoms with Gasteiger partial charge in [0.15, 0.2) is 23.0 Å². The number of methoxy groups -OCH3 is 2. The molecule has 4 aromatic carbocycles. The molecular formula is C30H30O6. The Kier molecular flexibility index (Phi) is 8.44. The highest BCUT2D eigenvalue weighted by Gasteiger charge is 2.23. The summed E-state index contributed by atoms with van der Waals surface area (Å²) >= 11 is 0. The Bertz CT molecular complexity index is 1140. The van der Waals surface area contributed by atoms with Crippen LogP contribution in [0.3, 0.4) is 0 Å². The Labute approximate surface area is 211 Å². The summed E-state index contributed by atoms with van der Waals surface area (Å²) in [4.78, 5) is 0. The zero-order valence-corrected chi connectivity index (χ0v) is 20.3. The van der Waals surface area contributed by atoms with Crippen LogP contribution in [0.1, 0.15) is 34.5 Å². The summed E-state index contributed by atoms with van der Waals surface area (Å²) in [5.74, 6) is 2.04. The number of hydrogen-bond acceptors (Lipinski definition) is 6. The third-order valence-corrected chi connectivity index (χ3v) is 5.83. The first-order valence-corrected chi connectivity index (χ1v) is 11.6. The highest BCUT2D eigenvalue weighted by atomic mass is 16.5. The maximum absolute atomic E-state index is 10.9. The van der Waals surface area contributed by atoms with Crippen molar-refractivity contribution in [3.05, 3.63) is 119 Å². The van der Waals surface area contributed by atoms with Crippen LogP contribution in [0.15, 0.2) is 97.1 Å². The van der Waals surface area contributed by atoms with Crippen molar-refractivity contribution in [2.24, 2.45) is 0 Å². The molecule has 0 aromatic heterocycles. The molecule has 0 bridgehead atoms. The van der Waals surface area contributed by atoms with Gasteiger partial charge in [0.1, 0.15) is 25.4 Å². The fraction of sp³-hybridized carbons (Fsp3) is 0.200. The van der Waals surface area contributed by atoms with E-state index in [0.29, 0.717) is 47.3 Å². The lowest BCUT2D eigenvalue weighted by Gasteiger charge is -2.21. The third-order valence-electron chi connectivity index (χ3n) is 5.83. The van der Waals surface area contributed by atoms with E-state index in [1.807, 2.05) is 60.7 Å². The molecule has 4 aromatic rings. The van der Waals surface area contributed by atoms with E-state index in [9.17, 15) is 10.2 Å². The van der Waals surface area contributed by atoms with Crippen LogP contribution in [0.4, 0.5) is 0 Å². The molecular weight excluding hydrogens is 456 g/mol. The summed E-state index contributed by atoms with van der Waals surface area (Å²) in [7, 11) is 3.08. The van der Waals surface area contributed by atoms with Gasteiger partial charge in [0.25, 0.3) is 0 Å². The molecule has 6 nitrogen and oxygen atoms in total. The molecule has 0 saturated carbocycles. The van der Waals surface area contributed by atoms with Gasteiger partial charge in [-0.15, -0.1) is 0 Å². The first-order valence-electron chi connectivity index (χ1n) is 11.6. The maximum atomic E-state index is 10.9. The molecule has 0 saturated heterocycles. The minimum absolute atomic E-state index is 0.389. The van der Waals surface area contributed by atoms with Crippen molar-refractivity contribution < 1.29 is 29.2 Å². The third kappa shape index (κ3) is 6.16. The van der Waals surface area contributed by atoms with E-state index in [-0.39, 0.29) is 0 Å². The average molecular weight is 487 g/mol. The second-order valence-electron chi connectivity index (χ2n) is 8.26. The van der Waals surface area contributed by atoms with Gasteiger partial charge in [0, 0.05) is 0 Å². The number of ether oxygens (including phenoxy) is 4. The predicted octanol–water partition coefficient (Wildman–Crippen LogP) is 5.63. The second kappa shape index (κ2) is 12.1. The molecule has 0 heterocycles. The Hall–Kier alpha value is -4.00. The predicted molar refractivity (Wildman–Crippen MR) is 137 cm³/mol. The molecule has 0 spiro atoms. The van der Waals surface area contributed by atoms with Crippen LogP contribution < -0.4 is 18.9 Å². The van der Waals surface area contributed by atoms with Gasteiger partial charge in [-0.2, -0.15) is 0 Å². The topological polar surface area (TPSA) is 77.4 Å². The van der Waals surface area contributed by atoms with Gasteiger partial charge in [0.2, 0.25) is 0 Å². The molecule has 4 rings (SSSR count). The van der Waals surface area contributed by atoms with Crippen LogP contribution in [-0.2, 0) is 13.2 Å². The normalized spacial score (nSPS) is 12.4. The van der Waals surface area contributed by atoms with E-state index in [2.05, 4.69) is 0 Å². The fourth-order valence-corrected chi connectivity index (χ4v) is 3.81. The maximum Gasteiger partial charge on any atom is 0.161 e. The highest BCUT2D eigenvalue weighted by molar-refractivity contribution is 5.46. The van der Waals surface area contributed by atoms with E-state index < -0.39 is 12.2 Å². The molecule has 0 aliphatic heterocycles. The highest BCUT2D eigenvalue weighted by Crippen LogP contribution is 2.38. The van der Waals surface area contributed by atoms with Crippen molar-refractivity contribution in [2.75, 3.05) is 14.2 Å². The molecule has 0 amide bonds. The monoisotopic (exact) mass is 486 g/mol. The van der Waals surface area contributed by atoms with Gasteiger partial charge >= 0.3 is 0 Å². The van der Waals surface area contributed by atoms with Crippen LogP contribution in [0.5, 0.6) is 23.0 Å². The summed E-state index contributed by atoms with van der Waals surface area (Å²) in [5, 5.41) is 21.9. The minimum Gasteiger partial charge on any atom is -0.493 e. The quantitative estimate of drug-likeness (QED) is 0.286. The van der Waals surface area contributed by atoms with Crippen molar-refractivity contribution >= 4 is 0 Å². The molecule has 36 heavy (non-hydrogen) atoms. The Balaban J connectivity index is 1.46. The summed E-state index contributed by atoms with van der Waals surface area (Å²) in [6.45, 7) is 0.778. The smallest absolute Gasteiger partial charge is 0.161 e. The van der Waals surface area contributed by atoms with E-state index in [1.54, 1.807) is 36.4 Å². The zero-order chi connectivity index (χ0) is 25.3. The molecule has 2 N–H and O–H groups in total. The lowest BCUT2D eigenvalue weighted by atomic mass is 9.97. The largest absolute Gasteiger partial charge is 0.493 e. The lowest BCUT2D eigenvalue weighted by Crippen LogP contribution is -2.11. The van der Waals surface area contributed by atoms with Crippen LogP contribution in [-0.4, -0.2) is 24.4 Å². The second-order valence-corrected chi connectivity index (χ2v) is 8.26. The lowest BCUT2D eigenvalue weighted by molar-refractivity contribution is 0.0169. The van der Waals surface area contributed by atoms with Crippen molar-refractivity contribution in [3.63, 3.8) is 0 Å². The zero-order valence-electron chi connectivity index (χ0n) is 20.3. The molecule has 2 unspecified atom stereocenters. The molecule has 0 aliphatic carbocycles. The SMILES string of the molecule is COc1cc(C(O)C(O)c2ccc(OCc3ccccc3)c(OC)c2)ccc1OCc1ccccc1. The van der Waals surface area contributed by atoms with Crippen LogP contribution >= 0.6 is 0 Å². The number of benzene rings is 4. The van der Waals surface area contributed by atoms with Gasteiger partial charge in [-0.1, -0.05) is 72.8 Å². The van der Waals surface area contributed by atoms with Gasteiger partial charge in [-0.3, -0.25) is 0 Å². The minimum atomic E-state index is -1.19.